The van der Waals surface area contributed by atoms with Crippen LogP contribution in [0.3, 0.4) is 0 Å². The number of anilines is 1. The Hall–Kier alpha value is -3.52. The van der Waals surface area contributed by atoms with Gasteiger partial charge in [0.1, 0.15) is 16.9 Å². The summed E-state index contributed by atoms with van der Waals surface area (Å²) < 4.78 is 5.01. The zero-order valence-corrected chi connectivity index (χ0v) is 14.9. The van der Waals surface area contributed by atoms with E-state index in [9.17, 15) is 19.5 Å². The van der Waals surface area contributed by atoms with Gasteiger partial charge in [-0.1, -0.05) is 24.3 Å². The van der Waals surface area contributed by atoms with Gasteiger partial charge in [-0.3, -0.25) is 19.8 Å². The first-order valence-electron chi connectivity index (χ1n) is 7.80. The van der Waals surface area contributed by atoms with Gasteiger partial charge in [-0.05, 0) is 48.1 Å². The normalized spacial score (nSPS) is 15.7. The highest BCUT2D eigenvalue weighted by molar-refractivity contribution is 7.80. The summed E-state index contributed by atoms with van der Waals surface area (Å²) in [6.07, 6.45) is 1.32. The van der Waals surface area contributed by atoms with Crippen LogP contribution in [0, 0.1) is 0 Å². The molecule has 2 aromatic rings. The van der Waals surface area contributed by atoms with E-state index in [0.717, 1.165) is 0 Å². The van der Waals surface area contributed by atoms with Crippen molar-refractivity contribution >= 4 is 46.9 Å². The van der Waals surface area contributed by atoms with Crippen LogP contribution in [0.4, 0.5) is 5.69 Å². The largest absolute Gasteiger partial charge is 0.496 e. The molecule has 0 spiro atoms. The molecular weight excluding hydrogens is 368 g/mol. The summed E-state index contributed by atoms with van der Waals surface area (Å²) in [5.74, 6) is -2.25. The lowest BCUT2D eigenvalue weighted by molar-refractivity contribution is -0.122. The summed E-state index contributed by atoms with van der Waals surface area (Å²) in [4.78, 5) is 37.7. The highest BCUT2D eigenvalue weighted by atomic mass is 32.1. The first-order valence-corrected chi connectivity index (χ1v) is 8.21. The molecule has 7 nitrogen and oxygen atoms in total. The quantitative estimate of drug-likeness (QED) is 0.478. The Morgan fingerprint density at radius 3 is 2.52 bits per heavy atom. The van der Waals surface area contributed by atoms with Gasteiger partial charge in [-0.25, -0.2) is 4.79 Å². The number of nitrogens with one attached hydrogen (secondary N) is 1. The number of carbonyl (C=O) groups is 3. The van der Waals surface area contributed by atoms with Gasteiger partial charge in [0.05, 0.1) is 12.8 Å². The molecule has 1 heterocycles. The Morgan fingerprint density at radius 2 is 1.89 bits per heavy atom. The number of para-hydroxylation sites is 1. The molecule has 1 aliphatic rings. The number of carbonyl (C=O) groups excluding carboxylic acids is 2. The lowest BCUT2D eigenvalue weighted by Crippen LogP contribution is -2.54. The number of benzene rings is 2. The van der Waals surface area contributed by atoms with Gasteiger partial charge in [-0.15, -0.1) is 0 Å². The zero-order valence-electron chi connectivity index (χ0n) is 14.1. The molecule has 2 aromatic carbocycles. The molecule has 0 bridgehead atoms. The van der Waals surface area contributed by atoms with Crippen molar-refractivity contribution in [1.82, 2.24) is 5.32 Å². The summed E-state index contributed by atoms with van der Waals surface area (Å²) in [5.41, 5.74) is 0.645. The summed E-state index contributed by atoms with van der Waals surface area (Å²) >= 11 is 5.12. The molecule has 0 unspecified atom stereocenters. The second kappa shape index (κ2) is 7.38. The van der Waals surface area contributed by atoms with Crippen molar-refractivity contribution in [3.05, 3.63) is 65.2 Å². The van der Waals surface area contributed by atoms with Crippen LogP contribution in [-0.2, 0) is 9.59 Å². The van der Waals surface area contributed by atoms with E-state index in [2.05, 4.69) is 5.32 Å². The molecule has 3 rings (SSSR count). The predicted octanol–water partition coefficient (Wildman–Crippen LogP) is 2.22. The molecule has 0 aliphatic carbocycles. The second-order valence-corrected chi connectivity index (χ2v) is 5.94. The SMILES string of the molecule is COc1ccc(C=C2C(=O)NC(=S)N(c3ccccc3)C2=O)cc1C(=O)O. The van der Waals surface area contributed by atoms with Crippen LogP contribution in [0.25, 0.3) is 6.08 Å². The average Bonchev–Trinajstić information content (AvgIpc) is 2.65. The van der Waals surface area contributed by atoms with E-state index in [1.165, 1.54) is 30.2 Å². The molecule has 136 valence electrons. The number of hydrogen-bond acceptors (Lipinski definition) is 5. The van der Waals surface area contributed by atoms with Gasteiger partial charge in [0.15, 0.2) is 5.11 Å². The van der Waals surface area contributed by atoms with E-state index in [4.69, 9.17) is 17.0 Å². The number of thiocarbonyl (C=S) groups is 1. The van der Waals surface area contributed by atoms with Crippen LogP contribution in [0.2, 0.25) is 0 Å². The smallest absolute Gasteiger partial charge is 0.339 e. The van der Waals surface area contributed by atoms with Crippen LogP contribution in [-0.4, -0.2) is 35.1 Å². The van der Waals surface area contributed by atoms with Crippen molar-refractivity contribution in [2.24, 2.45) is 0 Å². The molecule has 27 heavy (non-hydrogen) atoms. The van der Waals surface area contributed by atoms with E-state index in [1.807, 2.05) is 0 Å². The first-order chi connectivity index (χ1) is 12.9. The maximum Gasteiger partial charge on any atom is 0.339 e. The molecule has 1 aliphatic heterocycles. The van der Waals surface area contributed by atoms with Gasteiger partial charge in [-0.2, -0.15) is 0 Å². The van der Waals surface area contributed by atoms with Gasteiger partial charge in [0.2, 0.25) is 0 Å². The predicted molar refractivity (Wildman–Crippen MR) is 103 cm³/mol. The first kappa shape index (κ1) is 18.3. The highest BCUT2D eigenvalue weighted by Gasteiger charge is 2.34. The Labute approximate surface area is 159 Å². The number of hydrogen-bond donors (Lipinski definition) is 2. The fourth-order valence-electron chi connectivity index (χ4n) is 2.62. The van der Waals surface area contributed by atoms with Gasteiger partial charge >= 0.3 is 5.97 Å². The van der Waals surface area contributed by atoms with E-state index in [1.54, 1.807) is 36.4 Å². The minimum absolute atomic E-state index is 0.0192. The Bertz CT molecular complexity index is 985. The summed E-state index contributed by atoms with van der Waals surface area (Å²) in [6.45, 7) is 0. The van der Waals surface area contributed by atoms with Crippen molar-refractivity contribution in [1.29, 1.82) is 0 Å². The number of aromatic carboxylic acids is 1. The molecule has 0 aromatic heterocycles. The average molecular weight is 382 g/mol. The minimum Gasteiger partial charge on any atom is -0.496 e. The summed E-state index contributed by atoms with van der Waals surface area (Å²) in [7, 11) is 1.36. The Morgan fingerprint density at radius 1 is 1.19 bits per heavy atom. The van der Waals surface area contributed by atoms with Crippen LogP contribution < -0.4 is 15.0 Å². The van der Waals surface area contributed by atoms with Gasteiger partial charge in [0, 0.05) is 0 Å². The van der Waals surface area contributed by atoms with Crippen LogP contribution in [0.1, 0.15) is 15.9 Å². The zero-order chi connectivity index (χ0) is 19.6. The van der Waals surface area contributed by atoms with Gasteiger partial charge < -0.3 is 9.84 Å². The number of carboxylic acids is 1. The third kappa shape index (κ3) is 3.56. The fourth-order valence-corrected chi connectivity index (χ4v) is 2.90. The lowest BCUT2D eigenvalue weighted by Gasteiger charge is -2.28. The number of nitrogens with zero attached hydrogens (tertiary/aromatic N) is 1. The highest BCUT2D eigenvalue weighted by Crippen LogP contribution is 2.24. The monoisotopic (exact) mass is 382 g/mol. The molecule has 0 atom stereocenters. The molecule has 1 fully saturated rings. The van der Waals surface area contributed by atoms with Crippen LogP contribution in [0.15, 0.2) is 54.1 Å². The van der Waals surface area contributed by atoms with E-state index in [-0.39, 0.29) is 22.0 Å². The molecule has 0 saturated carbocycles. The maximum atomic E-state index is 12.9. The molecule has 8 heteroatoms. The van der Waals surface area contributed by atoms with E-state index >= 15 is 0 Å². The lowest BCUT2D eigenvalue weighted by atomic mass is 10.0. The number of rotatable bonds is 4. The topological polar surface area (TPSA) is 95.9 Å². The van der Waals surface area contributed by atoms with E-state index < -0.39 is 17.8 Å². The molecule has 2 N–H and O–H groups in total. The minimum atomic E-state index is -1.18. The van der Waals surface area contributed by atoms with Crippen molar-refractivity contribution in [3.8, 4) is 5.75 Å². The number of methoxy groups -OCH3 is 1. The third-order valence-electron chi connectivity index (χ3n) is 3.88. The number of amides is 2. The third-order valence-corrected chi connectivity index (χ3v) is 4.17. The molecule has 2 amide bonds. The standard InChI is InChI=1S/C19H14N2O5S/c1-26-15-8-7-11(9-13(15)18(24)25)10-14-16(22)20-19(27)21(17(14)23)12-5-3-2-4-6-12/h2-10H,1H3,(H,24,25)(H,20,22,27). The van der Waals surface area contributed by atoms with E-state index in [0.29, 0.717) is 11.3 Å². The number of carboxylic acid groups (broad SMARTS) is 1. The van der Waals surface area contributed by atoms with Crippen LogP contribution in [0.5, 0.6) is 5.75 Å². The summed E-state index contributed by atoms with van der Waals surface area (Å²) in [5, 5.41) is 11.7. The number of ether oxygens (including phenoxy) is 1. The van der Waals surface area contributed by atoms with Crippen molar-refractivity contribution in [3.63, 3.8) is 0 Å². The molecule has 1 saturated heterocycles. The van der Waals surface area contributed by atoms with Crippen molar-refractivity contribution in [2.75, 3.05) is 12.0 Å². The Balaban J connectivity index is 2.03. The molecular formula is C19H14N2O5S. The maximum absolute atomic E-state index is 12.9. The van der Waals surface area contributed by atoms with Crippen molar-refractivity contribution in [2.45, 2.75) is 0 Å². The second-order valence-electron chi connectivity index (χ2n) is 5.56. The summed E-state index contributed by atoms with van der Waals surface area (Å²) in [6, 6.07) is 13.0. The Kier molecular flexibility index (Phi) is 5.00. The van der Waals surface area contributed by atoms with Gasteiger partial charge in [0.25, 0.3) is 11.8 Å². The fraction of sp³-hybridized carbons (Fsp3) is 0.0526. The van der Waals surface area contributed by atoms with Crippen LogP contribution >= 0.6 is 12.2 Å². The van der Waals surface area contributed by atoms with Crippen molar-refractivity contribution < 1.29 is 24.2 Å². The molecule has 0 radical (unpaired) electrons.